The van der Waals surface area contributed by atoms with Crippen LogP contribution in [-0.4, -0.2) is 43.2 Å². The molecule has 0 aromatic heterocycles. The third-order valence-electron chi connectivity index (χ3n) is 3.44. The molecule has 1 rings (SSSR count). The van der Waals surface area contributed by atoms with Crippen molar-refractivity contribution in [3.8, 4) is 0 Å². The van der Waals surface area contributed by atoms with E-state index >= 15 is 0 Å². The number of esters is 1. The lowest BCUT2D eigenvalue weighted by atomic mass is 9.93. The van der Waals surface area contributed by atoms with Gasteiger partial charge in [-0.25, -0.2) is 0 Å². The number of nitrogens with two attached hydrogens (primary N) is 1. The topological polar surface area (TPSA) is 55.6 Å². The molecule has 0 aromatic rings. The minimum Gasteiger partial charge on any atom is -0.468 e. The molecule has 1 fully saturated rings. The van der Waals surface area contributed by atoms with Crippen LogP contribution in [0.5, 0.6) is 0 Å². The van der Waals surface area contributed by atoms with Crippen LogP contribution in [0.1, 0.15) is 39.5 Å². The SMILES string of the molecule is CCCN(CCC)CC(N)(C(=O)OC)C1CC1. The van der Waals surface area contributed by atoms with Crippen LogP contribution in [0, 0.1) is 5.92 Å². The lowest BCUT2D eigenvalue weighted by Gasteiger charge is -2.33. The summed E-state index contributed by atoms with van der Waals surface area (Å²) in [7, 11) is 1.43. The van der Waals surface area contributed by atoms with E-state index in [-0.39, 0.29) is 5.97 Å². The average Bonchev–Trinajstić information content (AvgIpc) is 3.12. The molecule has 0 radical (unpaired) electrons. The van der Waals surface area contributed by atoms with Gasteiger partial charge in [-0.05, 0) is 44.7 Å². The second-order valence-corrected chi connectivity index (χ2v) is 5.08. The average molecular weight is 242 g/mol. The van der Waals surface area contributed by atoms with Crippen molar-refractivity contribution in [1.82, 2.24) is 4.90 Å². The largest absolute Gasteiger partial charge is 0.468 e. The molecular weight excluding hydrogens is 216 g/mol. The third kappa shape index (κ3) is 3.68. The van der Waals surface area contributed by atoms with Crippen molar-refractivity contribution in [2.45, 2.75) is 45.1 Å². The lowest BCUT2D eigenvalue weighted by molar-refractivity contribution is -0.148. The predicted octanol–water partition coefficient (Wildman–Crippen LogP) is 1.39. The molecule has 1 unspecified atom stereocenters. The van der Waals surface area contributed by atoms with Crippen molar-refractivity contribution < 1.29 is 9.53 Å². The monoisotopic (exact) mass is 242 g/mol. The maximum Gasteiger partial charge on any atom is 0.327 e. The van der Waals surface area contributed by atoms with Gasteiger partial charge >= 0.3 is 5.97 Å². The van der Waals surface area contributed by atoms with E-state index in [2.05, 4.69) is 18.7 Å². The molecule has 1 atom stereocenters. The maximum absolute atomic E-state index is 11.9. The zero-order chi connectivity index (χ0) is 12.9. The molecule has 100 valence electrons. The van der Waals surface area contributed by atoms with Crippen molar-refractivity contribution in [2.75, 3.05) is 26.7 Å². The van der Waals surface area contributed by atoms with Crippen LogP contribution < -0.4 is 5.73 Å². The van der Waals surface area contributed by atoms with Gasteiger partial charge in [-0.15, -0.1) is 0 Å². The van der Waals surface area contributed by atoms with E-state index in [1.165, 1.54) is 7.11 Å². The van der Waals surface area contributed by atoms with Gasteiger partial charge in [0.15, 0.2) is 0 Å². The summed E-state index contributed by atoms with van der Waals surface area (Å²) >= 11 is 0. The number of nitrogens with zero attached hydrogens (tertiary/aromatic N) is 1. The number of methoxy groups -OCH3 is 1. The molecule has 17 heavy (non-hydrogen) atoms. The Morgan fingerprint density at radius 3 is 2.24 bits per heavy atom. The highest BCUT2D eigenvalue weighted by Crippen LogP contribution is 2.39. The van der Waals surface area contributed by atoms with Gasteiger partial charge in [-0.3, -0.25) is 4.79 Å². The highest BCUT2D eigenvalue weighted by molar-refractivity contribution is 5.81. The Morgan fingerprint density at radius 2 is 1.88 bits per heavy atom. The predicted molar refractivity (Wildman–Crippen MR) is 68.7 cm³/mol. The summed E-state index contributed by atoms with van der Waals surface area (Å²) in [6.45, 7) is 6.92. The number of hydrogen-bond donors (Lipinski definition) is 1. The van der Waals surface area contributed by atoms with Crippen molar-refractivity contribution >= 4 is 5.97 Å². The normalized spacial score (nSPS) is 19.1. The van der Waals surface area contributed by atoms with Gasteiger partial charge in [0.2, 0.25) is 0 Å². The van der Waals surface area contributed by atoms with Crippen LogP contribution in [0.4, 0.5) is 0 Å². The summed E-state index contributed by atoms with van der Waals surface area (Å²) in [5.41, 5.74) is 5.51. The number of hydrogen-bond acceptors (Lipinski definition) is 4. The van der Waals surface area contributed by atoms with Crippen LogP contribution in [0.15, 0.2) is 0 Å². The summed E-state index contributed by atoms with van der Waals surface area (Å²) < 4.78 is 4.88. The second kappa shape index (κ2) is 6.36. The first-order valence-electron chi connectivity index (χ1n) is 6.68. The molecule has 1 aliphatic rings. The standard InChI is InChI=1S/C13H26N2O2/c1-4-8-15(9-5-2)10-13(14,11-6-7-11)12(16)17-3/h11H,4-10,14H2,1-3H3. The Labute approximate surface area is 104 Å². The Balaban J connectivity index is 2.66. The first kappa shape index (κ1) is 14.5. The van der Waals surface area contributed by atoms with Gasteiger partial charge in [0, 0.05) is 6.54 Å². The summed E-state index contributed by atoms with van der Waals surface area (Å²) in [5, 5.41) is 0. The molecule has 1 aliphatic carbocycles. The molecule has 0 aliphatic heterocycles. The molecular formula is C13H26N2O2. The van der Waals surface area contributed by atoms with E-state index < -0.39 is 5.54 Å². The summed E-state index contributed by atoms with van der Waals surface area (Å²) in [4.78, 5) is 14.2. The van der Waals surface area contributed by atoms with E-state index in [1.807, 2.05) is 0 Å². The van der Waals surface area contributed by atoms with Gasteiger partial charge in [0.1, 0.15) is 5.54 Å². The number of carbonyl (C=O) groups is 1. The smallest absolute Gasteiger partial charge is 0.327 e. The fourth-order valence-corrected chi connectivity index (χ4v) is 2.42. The van der Waals surface area contributed by atoms with Gasteiger partial charge in [-0.1, -0.05) is 13.8 Å². The Morgan fingerprint density at radius 1 is 1.35 bits per heavy atom. The molecule has 2 N–H and O–H groups in total. The summed E-state index contributed by atoms with van der Waals surface area (Å²) in [6.07, 6.45) is 4.28. The minimum absolute atomic E-state index is 0.253. The first-order valence-corrected chi connectivity index (χ1v) is 6.68. The molecule has 0 amide bonds. The number of ether oxygens (including phenoxy) is 1. The van der Waals surface area contributed by atoms with Gasteiger partial charge < -0.3 is 15.4 Å². The van der Waals surface area contributed by atoms with Crippen LogP contribution in [0.2, 0.25) is 0 Å². The Bertz CT molecular complexity index is 248. The molecule has 4 nitrogen and oxygen atoms in total. The van der Waals surface area contributed by atoms with Crippen molar-refractivity contribution in [3.05, 3.63) is 0 Å². The summed E-state index contributed by atoms with van der Waals surface area (Å²) in [5.74, 6) is 0.0587. The van der Waals surface area contributed by atoms with Crippen molar-refractivity contribution in [2.24, 2.45) is 11.7 Å². The van der Waals surface area contributed by atoms with Crippen molar-refractivity contribution in [3.63, 3.8) is 0 Å². The third-order valence-corrected chi connectivity index (χ3v) is 3.44. The Kier molecular flexibility index (Phi) is 5.40. The van der Waals surface area contributed by atoms with E-state index in [4.69, 9.17) is 10.5 Å². The van der Waals surface area contributed by atoms with Gasteiger partial charge in [0.25, 0.3) is 0 Å². The molecule has 0 saturated heterocycles. The minimum atomic E-state index is -0.793. The molecule has 0 spiro atoms. The zero-order valence-corrected chi connectivity index (χ0v) is 11.4. The van der Waals surface area contributed by atoms with Crippen molar-refractivity contribution in [1.29, 1.82) is 0 Å². The molecule has 0 heterocycles. The number of carbonyl (C=O) groups excluding carboxylic acids is 1. The quantitative estimate of drug-likeness (QED) is 0.654. The molecule has 4 heteroatoms. The highest BCUT2D eigenvalue weighted by atomic mass is 16.5. The van der Waals surface area contributed by atoms with Gasteiger partial charge in [0.05, 0.1) is 7.11 Å². The van der Waals surface area contributed by atoms with E-state index in [0.717, 1.165) is 38.8 Å². The highest BCUT2D eigenvalue weighted by Gasteiger charge is 2.49. The van der Waals surface area contributed by atoms with E-state index in [9.17, 15) is 4.79 Å². The first-order chi connectivity index (χ1) is 8.08. The fraction of sp³-hybridized carbons (Fsp3) is 0.923. The molecule has 1 saturated carbocycles. The van der Waals surface area contributed by atoms with E-state index in [0.29, 0.717) is 12.5 Å². The van der Waals surface area contributed by atoms with Crippen LogP contribution in [0.25, 0.3) is 0 Å². The maximum atomic E-state index is 11.9. The second-order valence-electron chi connectivity index (χ2n) is 5.08. The number of rotatable bonds is 8. The lowest BCUT2D eigenvalue weighted by Crippen LogP contribution is -2.58. The molecule has 0 bridgehead atoms. The van der Waals surface area contributed by atoms with E-state index in [1.54, 1.807) is 0 Å². The summed E-state index contributed by atoms with van der Waals surface area (Å²) in [6, 6.07) is 0. The van der Waals surface area contributed by atoms with Gasteiger partial charge in [-0.2, -0.15) is 0 Å². The molecule has 0 aromatic carbocycles. The zero-order valence-electron chi connectivity index (χ0n) is 11.4. The van der Waals surface area contributed by atoms with Crippen LogP contribution in [-0.2, 0) is 9.53 Å². The Hall–Kier alpha value is -0.610. The fourth-order valence-electron chi connectivity index (χ4n) is 2.42. The van der Waals surface area contributed by atoms with Crippen LogP contribution >= 0.6 is 0 Å². The van der Waals surface area contributed by atoms with Crippen LogP contribution in [0.3, 0.4) is 0 Å².